The molecular formula is C20H29NO5. The molecule has 1 rings (SSSR count). The summed E-state index contributed by atoms with van der Waals surface area (Å²) >= 11 is 0. The van der Waals surface area contributed by atoms with Crippen LogP contribution in [0.5, 0.6) is 5.75 Å². The van der Waals surface area contributed by atoms with Crippen molar-refractivity contribution in [2.75, 3.05) is 0 Å². The van der Waals surface area contributed by atoms with Gasteiger partial charge in [-0.1, -0.05) is 6.92 Å². The van der Waals surface area contributed by atoms with Crippen LogP contribution in [0.4, 0.5) is 0 Å². The van der Waals surface area contributed by atoms with Crippen molar-refractivity contribution in [2.45, 2.75) is 67.5 Å². The van der Waals surface area contributed by atoms with E-state index in [-0.39, 0.29) is 18.5 Å². The Kier molecular flexibility index (Phi) is 7.36. The van der Waals surface area contributed by atoms with Crippen LogP contribution in [0.25, 0.3) is 0 Å². The summed E-state index contributed by atoms with van der Waals surface area (Å²) < 4.78 is 10.8. The molecule has 0 fully saturated rings. The van der Waals surface area contributed by atoms with Gasteiger partial charge < -0.3 is 14.8 Å². The Bertz CT molecular complexity index is 665. The van der Waals surface area contributed by atoms with E-state index in [9.17, 15) is 14.4 Å². The summed E-state index contributed by atoms with van der Waals surface area (Å²) in [6, 6.07) is 2.91. The summed E-state index contributed by atoms with van der Waals surface area (Å²) in [5.74, 6) is -0.550. The quantitative estimate of drug-likeness (QED) is 0.620. The van der Waals surface area contributed by atoms with Crippen LogP contribution < -0.4 is 10.1 Å². The van der Waals surface area contributed by atoms with Gasteiger partial charge in [-0.05, 0) is 70.4 Å². The maximum Gasteiger partial charge on any atom is 0.333 e. The first-order chi connectivity index (χ1) is 12.0. The van der Waals surface area contributed by atoms with Crippen molar-refractivity contribution < 1.29 is 23.9 Å². The molecule has 1 aromatic carbocycles. The predicted molar refractivity (Wildman–Crippen MR) is 98.7 cm³/mol. The van der Waals surface area contributed by atoms with Gasteiger partial charge in [0.1, 0.15) is 18.4 Å². The van der Waals surface area contributed by atoms with E-state index >= 15 is 0 Å². The van der Waals surface area contributed by atoms with Crippen molar-refractivity contribution in [3.8, 4) is 5.75 Å². The van der Waals surface area contributed by atoms with E-state index in [1.807, 2.05) is 26.0 Å². The Labute approximate surface area is 155 Å². The van der Waals surface area contributed by atoms with Crippen molar-refractivity contribution in [3.63, 3.8) is 0 Å². The lowest BCUT2D eigenvalue weighted by Crippen LogP contribution is -2.40. The summed E-state index contributed by atoms with van der Waals surface area (Å²) in [5.41, 5.74) is 1.78. The van der Waals surface area contributed by atoms with Crippen LogP contribution in [0.2, 0.25) is 0 Å². The van der Waals surface area contributed by atoms with Gasteiger partial charge in [-0.15, -0.1) is 0 Å². The molecule has 0 saturated carbocycles. The van der Waals surface area contributed by atoms with Crippen molar-refractivity contribution in [1.29, 1.82) is 0 Å². The van der Waals surface area contributed by atoms with E-state index in [1.165, 1.54) is 0 Å². The topological polar surface area (TPSA) is 81.7 Å². The van der Waals surface area contributed by atoms with E-state index in [0.717, 1.165) is 16.7 Å². The molecule has 1 aromatic rings. The van der Waals surface area contributed by atoms with Crippen molar-refractivity contribution in [2.24, 2.45) is 5.41 Å². The summed E-state index contributed by atoms with van der Waals surface area (Å²) in [5, 5.41) is 2.58. The highest BCUT2D eigenvalue weighted by atomic mass is 16.5. The minimum atomic E-state index is -0.728. The van der Waals surface area contributed by atoms with Crippen LogP contribution in [0.15, 0.2) is 12.1 Å². The van der Waals surface area contributed by atoms with Gasteiger partial charge in [0.25, 0.3) is 0 Å². The van der Waals surface area contributed by atoms with Crippen LogP contribution in [0.3, 0.4) is 0 Å². The Hall–Kier alpha value is -2.37. The lowest BCUT2D eigenvalue weighted by Gasteiger charge is -2.18. The number of rotatable bonds is 6. The number of ether oxygens (including phenoxy) is 2. The number of carbonyl (C=O) groups is 3. The highest BCUT2D eigenvalue weighted by Crippen LogP contribution is 2.26. The number of benzene rings is 1. The fourth-order valence-corrected chi connectivity index (χ4v) is 2.24. The van der Waals surface area contributed by atoms with Gasteiger partial charge >= 0.3 is 11.9 Å². The molecule has 1 N–H and O–H groups in total. The van der Waals surface area contributed by atoms with E-state index < -0.39 is 17.4 Å². The average molecular weight is 363 g/mol. The highest BCUT2D eigenvalue weighted by molar-refractivity contribution is 5.85. The Morgan fingerprint density at radius 3 is 2.12 bits per heavy atom. The molecule has 0 bridgehead atoms. The van der Waals surface area contributed by atoms with Crippen molar-refractivity contribution >= 4 is 17.8 Å². The largest absolute Gasteiger partial charge is 0.460 e. The SMILES string of the molecule is CCC(=O)NC(C)C(=O)Oc1c(C)cc(COC(=O)C(C)(C)C)cc1C. The standard InChI is InChI=1S/C20H29NO5/c1-8-16(22)21-14(4)18(23)26-17-12(2)9-15(10-13(17)3)11-25-19(24)20(5,6)7/h9-10,14H,8,11H2,1-7H3,(H,21,22). The zero-order valence-electron chi connectivity index (χ0n) is 16.7. The fraction of sp³-hybridized carbons (Fsp3) is 0.550. The number of esters is 2. The Balaban J connectivity index is 2.82. The lowest BCUT2D eigenvalue weighted by molar-refractivity contribution is -0.154. The number of nitrogens with one attached hydrogen (secondary N) is 1. The smallest absolute Gasteiger partial charge is 0.333 e. The molecule has 0 aliphatic carbocycles. The second-order valence-electron chi connectivity index (χ2n) is 7.45. The summed E-state index contributed by atoms with van der Waals surface area (Å²) in [6.07, 6.45) is 0.303. The van der Waals surface area contributed by atoms with E-state index in [0.29, 0.717) is 12.2 Å². The molecule has 0 radical (unpaired) electrons. The summed E-state index contributed by atoms with van der Waals surface area (Å²) in [7, 11) is 0. The molecule has 144 valence electrons. The Morgan fingerprint density at radius 2 is 1.65 bits per heavy atom. The fourth-order valence-electron chi connectivity index (χ4n) is 2.24. The molecular weight excluding hydrogens is 334 g/mol. The third-order valence-corrected chi connectivity index (χ3v) is 3.76. The minimum Gasteiger partial charge on any atom is -0.460 e. The third-order valence-electron chi connectivity index (χ3n) is 3.76. The molecule has 6 nitrogen and oxygen atoms in total. The number of carbonyl (C=O) groups excluding carboxylic acids is 3. The normalized spacial score (nSPS) is 12.3. The zero-order valence-corrected chi connectivity index (χ0v) is 16.7. The van der Waals surface area contributed by atoms with Gasteiger partial charge in [-0.25, -0.2) is 4.79 Å². The zero-order chi connectivity index (χ0) is 20.1. The van der Waals surface area contributed by atoms with E-state index in [4.69, 9.17) is 9.47 Å². The molecule has 1 atom stereocenters. The maximum absolute atomic E-state index is 12.2. The first kappa shape index (κ1) is 21.7. The molecule has 0 aromatic heterocycles. The van der Waals surface area contributed by atoms with Gasteiger partial charge in [-0.3, -0.25) is 9.59 Å². The first-order valence-corrected chi connectivity index (χ1v) is 8.74. The molecule has 6 heteroatoms. The van der Waals surface area contributed by atoms with Gasteiger partial charge in [0, 0.05) is 6.42 Å². The van der Waals surface area contributed by atoms with Gasteiger partial charge in [0.2, 0.25) is 5.91 Å². The van der Waals surface area contributed by atoms with Gasteiger partial charge in [0.15, 0.2) is 0 Å². The van der Waals surface area contributed by atoms with Crippen molar-refractivity contribution in [1.82, 2.24) is 5.32 Å². The van der Waals surface area contributed by atoms with Crippen LogP contribution in [-0.2, 0) is 25.7 Å². The average Bonchev–Trinajstić information content (AvgIpc) is 2.54. The van der Waals surface area contributed by atoms with E-state index in [2.05, 4.69) is 5.32 Å². The van der Waals surface area contributed by atoms with Gasteiger partial charge in [0.05, 0.1) is 5.41 Å². The van der Waals surface area contributed by atoms with Crippen LogP contribution >= 0.6 is 0 Å². The minimum absolute atomic E-state index is 0.162. The molecule has 0 spiro atoms. The second-order valence-corrected chi connectivity index (χ2v) is 7.45. The van der Waals surface area contributed by atoms with Crippen LogP contribution in [0, 0.1) is 19.3 Å². The molecule has 26 heavy (non-hydrogen) atoms. The molecule has 0 saturated heterocycles. The van der Waals surface area contributed by atoms with Crippen molar-refractivity contribution in [3.05, 3.63) is 28.8 Å². The number of aryl methyl sites for hydroxylation is 2. The molecule has 0 heterocycles. The Morgan fingerprint density at radius 1 is 1.12 bits per heavy atom. The maximum atomic E-state index is 12.2. The van der Waals surface area contributed by atoms with Gasteiger partial charge in [-0.2, -0.15) is 0 Å². The monoisotopic (exact) mass is 363 g/mol. The predicted octanol–water partition coefficient (Wildman–Crippen LogP) is 3.21. The lowest BCUT2D eigenvalue weighted by atomic mass is 9.97. The summed E-state index contributed by atoms with van der Waals surface area (Å²) in [6.45, 7) is 12.5. The third kappa shape index (κ3) is 6.17. The molecule has 0 aliphatic rings. The number of hydrogen-bond donors (Lipinski definition) is 1. The molecule has 0 aliphatic heterocycles. The number of amides is 1. The van der Waals surface area contributed by atoms with Crippen LogP contribution in [0.1, 0.15) is 57.7 Å². The molecule has 1 unspecified atom stereocenters. The highest BCUT2D eigenvalue weighted by Gasteiger charge is 2.23. The second kappa shape index (κ2) is 8.83. The van der Waals surface area contributed by atoms with E-state index in [1.54, 1.807) is 34.6 Å². The summed E-state index contributed by atoms with van der Waals surface area (Å²) in [4.78, 5) is 35.4. The van der Waals surface area contributed by atoms with Crippen LogP contribution in [-0.4, -0.2) is 23.9 Å². The number of hydrogen-bond acceptors (Lipinski definition) is 5. The first-order valence-electron chi connectivity index (χ1n) is 8.74. The molecule has 1 amide bonds.